The number of piperazine rings is 1. The molecule has 1 aliphatic rings. The lowest BCUT2D eigenvalue weighted by Crippen LogP contribution is -2.45. The first-order chi connectivity index (χ1) is 9.50. The van der Waals surface area contributed by atoms with Gasteiger partial charge in [0.05, 0.1) is 5.02 Å². The minimum absolute atomic E-state index is 0. The highest BCUT2D eigenvalue weighted by molar-refractivity contribution is 9.10. The van der Waals surface area contributed by atoms with Crippen molar-refractivity contribution in [3.63, 3.8) is 0 Å². The van der Waals surface area contributed by atoms with Crippen LogP contribution >= 0.6 is 52.3 Å². The Morgan fingerprint density at radius 2 is 2.00 bits per heavy atom. The van der Waals surface area contributed by atoms with Crippen molar-refractivity contribution in [1.82, 2.24) is 10.2 Å². The van der Waals surface area contributed by atoms with Gasteiger partial charge in [0.25, 0.3) is 0 Å². The Labute approximate surface area is 158 Å². The standard InChI is InChI=1S/C15H20BrClN2O.2ClH/c1-10(2)9-13(19-7-5-18-6-8-19)14-11(16)3-4-12(17)15(14)20;;/h3-4,13,18,20H,1,5-9H2,2H3;2*1H/t13-;;/m1../s1. The van der Waals surface area contributed by atoms with Crippen LogP contribution in [0.2, 0.25) is 5.02 Å². The predicted octanol–water partition coefficient (Wildman–Crippen LogP) is 4.56. The maximum atomic E-state index is 10.4. The Morgan fingerprint density at radius 1 is 1.41 bits per heavy atom. The smallest absolute Gasteiger partial charge is 0.140 e. The molecule has 2 rings (SSSR count). The summed E-state index contributed by atoms with van der Waals surface area (Å²) in [6.07, 6.45) is 0.812. The fourth-order valence-electron chi connectivity index (χ4n) is 2.61. The Bertz CT molecular complexity index is 508. The van der Waals surface area contributed by atoms with Gasteiger partial charge in [0.2, 0.25) is 0 Å². The minimum atomic E-state index is 0. The summed E-state index contributed by atoms with van der Waals surface area (Å²) in [5, 5.41) is 14.1. The zero-order valence-corrected chi connectivity index (χ0v) is 16.4. The number of phenolic OH excluding ortho intramolecular Hbond substituents is 1. The maximum Gasteiger partial charge on any atom is 0.140 e. The summed E-state index contributed by atoms with van der Waals surface area (Å²) >= 11 is 9.63. The topological polar surface area (TPSA) is 35.5 Å². The fourth-order valence-corrected chi connectivity index (χ4v) is 3.36. The quantitative estimate of drug-likeness (QED) is 0.685. The summed E-state index contributed by atoms with van der Waals surface area (Å²) < 4.78 is 0.893. The molecule has 126 valence electrons. The molecule has 2 N–H and O–H groups in total. The molecular weight excluding hydrogens is 410 g/mol. The second-order valence-electron chi connectivity index (χ2n) is 5.25. The monoisotopic (exact) mass is 430 g/mol. The molecule has 1 saturated heterocycles. The van der Waals surface area contributed by atoms with Gasteiger partial charge in [-0.2, -0.15) is 0 Å². The first kappa shape index (κ1) is 22.0. The van der Waals surface area contributed by atoms with Crippen molar-refractivity contribution in [2.75, 3.05) is 26.2 Å². The van der Waals surface area contributed by atoms with Crippen LogP contribution in [0, 0.1) is 0 Å². The third-order valence-electron chi connectivity index (χ3n) is 3.58. The summed E-state index contributed by atoms with van der Waals surface area (Å²) in [6.45, 7) is 9.88. The second kappa shape index (κ2) is 10.0. The molecule has 0 aromatic heterocycles. The van der Waals surface area contributed by atoms with Gasteiger partial charge < -0.3 is 10.4 Å². The minimum Gasteiger partial charge on any atom is -0.506 e. The van der Waals surface area contributed by atoms with E-state index in [9.17, 15) is 5.11 Å². The molecule has 3 nitrogen and oxygen atoms in total. The third-order valence-corrected chi connectivity index (χ3v) is 4.58. The first-order valence-corrected chi connectivity index (χ1v) is 7.94. The number of rotatable bonds is 4. The number of halogens is 4. The summed E-state index contributed by atoms with van der Waals surface area (Å²) in [5.74, 6) is 0.172. The number of nitrogens with one attached hydrogen (secondary N) is 1. The molecule has 0 amide bonds. The van der Waals surface area contributed by atoms with Crippen LogP contribution in [0.1, 0.15) is 24.9 Å². The predicted molar refractivity (Wildman–Crippen MR) is 102 cm³/mol. The molecule has 1 aromatic rings. The Morgan fingerprint density at radius 3 is 2.55 bits per heavy atom. The van der Waals surface area contributed by atoms with E-state index in [-0.39, 0.29) is 36.6 Å². The first-order valence-electron chi connectivity index (χ1n) is 6.76. The van der Waals surface area contributed by atoms with Crippen LogP contribution < -0.4 is 5.32 Å². The molecule has 1 heterocycles. The molecular formula is C15H22BrCl3N2O. The van der Waals surface area contributed by atoms with E-state index in [1.165, 1.54) is 0 Å². The summed E-state index contributed by atoms with van der Waals surface area (Å²) in [6, 6.07) is 3.70. The Kier molecular flexibility index (Phi) is 10.0. The van der Waals surface area contributed by atoms with Crippen LogP contribution in [0.25, 0.3) is 0 Å². The van der Waals surface area contributed by atoms with Crippen LogP contribution in [0.4, 0.5) is 0 Å². The van der Waals surface area contributed by atoms with Gasteiger partial charge in [-0.05, 0) is 25.5 Å². The lowest BCUT2D eigenvalue weighted by Gasteiger charge is -2.36. The molecule has 1 fully saturated rings. The molecule has 0 bridgehead atoms. The molecule has 1 aliphatic heterocycles. The molecule has 0 aliphatic carbocycles. The number of benzene rings is 1. The van der Waals surface area contributed by atoms with Crippen LogP contribution in [0.5, 0.6) is 5.75 Å². The highest BCUT2D eigenvalue weighted by Crippen LogP contribution is 2.41. The van der Waals surface area contributed by atoms with Gasteiger partial charge in [-0.3, -0.25) is 4.90 Å². The van der Waals surface area contributed by atoms with Crippen molar-refractivity contribution < 1.29 is 5.11 Å². The van der Waals surface area contributed by atoms with Gasteiger partial charge in [-0.1, -0.05) is 33.1 Å². The Balaban J connectivity index is 0.00000220. The lowest BCUT2D eigenvalue weighted by molar-refractivity contribution is 0.169. The number of hydrogen-bond donors (Lipinski definition) is 2. The van der Waals surface area contributed by atoms with Crippen LogP contribution in [-0.4, -0.2) is 36.2 Å². The van der Waals surface area contributed by atoms with E-state index in [1.54, 1.807) is 6.07 Å². The van der Waals surface area contributed by atoms with Crippen molar-refractivity contribution in [3.8, 4) is 5.75 Å². The third kappa shape index (κ3) is 5.29. The van der Waals surface area contributed by atoms with Gasteiger partial charge in [-0.25, -0.2) is 0 Å². The van der Waals surface area contributed by atoms with E-state index in [4.69, 9.17) is 11.6 Å². The maximum absolute atomic E-state index is 10.4. The summed E-state index contributed by atoms with van der Waals surface area (Å²) in [7, 11) is 0. The Hall–Kier alpha value is 0.0300. The molecule has 7 heteroatoms. The molecule has 0 spiro atoms. The van der Waals surface area contributed by atoms with Crippen molar-refractivity contribution in [3.05, 3.63) is 39.3 Å². The lowest BCUT2D eigenvalue weighted by atomic mass is 9.97. The highest BCUT2D eigenvalue weighted by Gasteiger charge is 2.27. The number of aromatic hydroxyl groups is 1. The fraction of sp³-hybridized carbons (Fsp3) is 0.467. The zero-order valence-electron chi connectivity index (χ0n) is 12.4. The molecule has 0 radical (unpaired) electrons. The number of nitrogens with zero attached hydrogens (tertiary/aromatic N) is 1. The van der Waals surface area contributed by atoms with Crippen molar-refractivity contribution in [2.24, 2.45) is 0 Å². The molecule has 22 heavy (non-hydrogen) atoms. The van der Waals surface area contributed by atoms with E-state index in [1.807, 2.05) is 13.0 Å². The molecule has 0 unspecified atom stereocenters. The molecule has 0 saturated carbocycles. The van der Waals surface area contributed by atoms with E-state index in [2.05, 4.69) is 32.7 Å². The van der Waals surface area contributed by atoms with Crippen LogP contribution in [0.15, 0.2) is 28.8 Å². The second-order valence-corrected chi connectivity index (χ2v) is 6.52. The average molecular weight is 433 g/mol. The van der Waals surface area contributed by atoms with E-state index >= 15 is 0 Å². The van der Waals surface area contributed by atoms with Gasteiger partial charge in [0.1, 0.15) is 5.75 Å². The van der Waals surface area contributed by atoms with Crippen molar-refractivity contribution >= 4 is 52.3 Å². The zero-order chi connectivity index (χ0) is 14.7. The van der Waals surface area contributed by atoms with Crippen molar-refractivity contribution in [2.45, 2.75) is 19.4 Å². The van der Waals surface area contributed by atoms with E-state index in [0.29, 0.717) is 5.02 Å². The van der Waals surface area contributed by atoms with Crippen LogP contribution in [0.3, 0.4) is 0 Å². The van der Waals surface area contributed by atoms with E-state index < -0.39 is 0 Å². The summed E-state index contributed by atoms with van der Waals surface area (Å²) in [4.78, 5) is 2.38. The summed E-state index contributed by atoms with van der Waals surface area (Å²) in [5.41, 5.74) is 1.96. The normalized spacial score (nSPS) is 16.3. The van der Waals surface area contributed by atoms with Gasteiger partial charge in [-0.15, -0.1) is 31.4 Å². The van der Waals surface area contributed by atoms with Crippen molar-refractivity contribution in [1.29, 1.82) is 0 Å². The van der Waals surface area contributed by atoms with Gasteiger partial charge >= 0.3 is 0 Å². The van der Waals surface area contributed by atoms with Crippen LogP contribution in [-0.2, 0) is 0 Å². The van der Waals surface area contributed by atoms with Gasteiger partial charge in [0.15, 0.2) is 0 Å². The number of phenols is 1. The molecule has 1 aromatic carbocycles. The number of hydrogen-bond acceptors (Lipinski definition) is 3. The van der Waals surface area contributed by atoms with E-state index in [0.717, 1.165) is 48.2 Å². The van der Waals surface area contributed by atoms with Gasteiger partial charge in [0, 0.05) is 42.3 Å². The average Bonchev–Trinajstić information content (AvgIpc) is 2.43. The SMILES string of the molecule is C=C(C)C[C@H](c1c(Br)ccc(Cl)c1O)N1CCNCC1.Cl.Cl. The molecule has 1 atom stereocenters. The largest absolute Gasteiger partial charge is 0.506 e. The highest BCUT2D eigenvalue weighted by atomic mass is 79.9.